The van der Waals surface area contributed by atoms with Crippen molar-refractivity contribution in [1.82, 2.24) is 4.98 Å². The summed E-state index contributed by atoms with van der Waals surface area (Å²) < 4.78 is 0. The fourth-order valence-electron chi connectivity index (χ4n) is 2.61. The number of nitrogens with two attached hydrogens (primary N) is 1. The largest absolute Gasteiger partial charge is 0.398 e. The Morgan fingerprint density at radius 2 is 1.76 bits per heavy atom. The SMILES string of the molecule is Cc1cc2ccccc2nc1N(C)Cc1ccccc1N. The lowest BCUT2D eigenvalue weighted by Crippen LogP contribution is -2.19. The molecule has 1 heterocycles. The Hall–Kier alpha value is -2.55. The molecule has 0 saturated heterocycles. The van der Waals surface area contributed by atoms with Gasteiger partial charge < -0.3 is 10.6 Å². The number of hydrogen-bond acceptors (Lipinski definition) is 3. The Labute approximate surface area is 125 Å². The monoisotopic (exact) mass is 277 g/mol. The van der Waals surface area contributed by atoms with E-state index in [1.807, 2.05) is 36.4 Å². The number of hydrogen-bond donors (Lipinski definition) is 1. The maximum absolute atomic E-state index is 6.03. The van der Waals surface area contributed by atoms with E-state index in [9.17, 15) is 0 Å². The van der Waals surface area contributed by atoms with Crippen molar-refractivity contribution >= 4 is 22.4 Å². The Morgan fingerprint density at radius 1 is 1.05 bits per heavy atom. The summed E-state index contributed by atoms with van der Waals surface area (Å²) in [7, 11) is 2.05. The van der Waals surface area contributed by atoms with E-state index in [1.165, 1.54) is 10.9 Å². The summed E-state index contributed by atoms with van der Waals surface area (Å²) in [5, 5.41) is 1.17. The number of nitrogens with zero attached hydrogens (tertiary/aromatic N) is 2. The first kappa shape index (κ1) is 13.4. The van der Waals surface area contributed by atoms with Gasteiger partial charge in [-0.15, -0.1) is 0 Å². The number of pyridine rings is 1. The van der Waals surface area contributed by atoms with Gasteiger partial charge in [0.15, 0.2) is 0 Å². The summed E-state index contributed by atoms with van der Waals surface area (Å²) in [6.07, 6.45) is 0. The molecule has 0 fully saturated rings. The molecule has 0 radical (unpaired) electrons. The molecule has 0 unspecified atom stereocenters. The minimum atomic E-state index is 0.749. The molecule has 0 atom stereocenters. The summed E-state index contributed by atoms with van der Waals surface area (Å²) >= 11 is 0. The van der Waals surface area contributed by atoms with Crippen LogP contribution >= 0.6 is 0 Å². The molecule has 0 saturated carbocycles. The van der Waals surface area contributed by atoms with Crippen LogP contribution in [0, 0.1) is 6.92 Å². The predicted molar refractivity (Wildman–Crippen MR) is 89.4 cm³/mol. The second-order valence-electron chi connectivity index (χ2n) is 5.38. The van der Waals surface area contributed by atoms with E-state index in [2.05, 4.69) is 37.1 Å². The first-order valence-electron chi connectivity index (χ1n) is 7.06. The average molecular weight is 277 g/mol. The topological polar surface area (TPSA) is 42.2 Å². The van der Waals surface area contributed by atoms with Gasteiger partial charge in [0.05, 0.1) is 5.52 Å². The molecule has 3 heteroatoms. The first-order chi connectivity index (χ1) is 10.1. The van der Waals surface area contributed by atoms with Crippen LogP contribution in [0.25, 0.3) is 10.9 Å². The van der Waals surface area contributed by atoms with Gasteiger partial charge >= 0.3 is 0 Å². The van der Waals surface area contributed by atoms with Crippen molar-refractivity contribution in [2.45, 2.75) is 13.5 Å². The Balaban J connectivity index is 1.96. The van der Waals surface area contributed by atoms with Crippen molar-refractivity contribution in [2.75, 3.05) is 17.7 Å². The molecule has 0 aliphatic carbocycles. The van der Waals surface area contributed by atoms with Gasteiger partial charge in [-0.2, -0.15) is 0 Å². The molecule has 0 aliphatic heterocycles. The van der Waals surface area contributed by atoms with Gasteiger partial charge in [0.25, 0.3) is 0 Å². The molecule has 0 aliphatic rings. The van der Waals surface area contributed by atoms with Crippen LogP contribution in [0.1, 0.15) is 11.1 Å². The number of benzene rings is 2. The van der Waals surface area contributed by atoms with Crippen LogP contribution in [-0.2, 0) is 6.54 Å². The zero-order valence-corrected chi connectivity index (χ0v) is 12.4. The number of rotatable bonds is 3. The molecule has 0 amide bonds. The molecular formula is C18H19N3. The van der Waals surface area contributed by atoms with E-state index >= 15 is 0 Å². The van der Waals surface area contributed by atoms with Gasteiger partial charge in [0.1, 0.15) is 5.82 Å². The highest BCUT2D eigenvalue weighted by molar-refractivity contribution is 5.81. The summed E-state index contributed by atoms with van der Waals surface area (Å²) in [4.78, 5) is 6.93. The van der Waals surface area contributed by atoms with Crippen LogP contribution in [0.4, 0.5) is 11.5 Å². The summed E-state index contributed by atoms with van der Waals surface area (Å²) in [5.74, 6) is 0.997. The summed E-state index contributed by atoms with van der Waals surface area (Å²) in [6.45, 7) is 2.85. The maximum atomic E-state index is 6.03. The van der Waals surface area contributed by atoms with Gasteiger partial charge in [0.2, 0.25) is 0 Å². The van der Waals surface area contributed by atoms with Crippen LogP contribution in [0.5, 0.6) is 0 Å². The molecule has 3 aromatic rings. The Kier molecular flexibility index (Phi) is 3.48. The first-order valence-corrected chi connectivity index (χ1v) is 7.06. The zero-order valence-electron chi connectivity index (χ0n) is 12.4. The summed E-state index contributed by atoms with van der Waals surface area (Å²) in [6, 6.07) is 18.3. The molecule has 2 aromatic carbocycles. The molecular weight excluding hydrogens is 258 g/mol. The predicted octanol–water partition coefficient (Wildman–Crippen LogP) is 3.76. The molecule has 2 N–H and O–H groups in total. The lowest BCUT2D eigenvalue weighted by atomic mass is 10.1. The van der Waals surface area contributed by atoms with Crippen molar-refractivity contribution in [1.29, 1.82) is 0 Å². The van der Waals surface area contributed by atoms with Gasteiger partial charge in [-0.1, -0.05) is 36.4 Å². The van der Waals surface area contributed by atoms with Crippen LogP contribution < -0.4 is 10.6 Å². The zero-order chi connectivity index (χ0) is 14.8. The highest BCUT2D eigenvalue weighted by Crippen LogP contribution is 2.24. The van der Waals surface area contributed by atoms with Crippen molar-refractivity contribution < 1.29 is 0 Å². The minimum Gasteiger partial charge on any atom is -0.398 e. The van der Waals surface area contributed by atoms with E-state index in [1.54, 1.807) is 0 Å². The third-order valence-corrected chi connectivity index (χ3v) is 3.71. The Morgan fingerprint density at radius 3 is 2.57 bits per heavy atom. The third kappa shape index (κ3) is 2.68. The van der Waals surface area contributed by atoms with E-state index in [-0.39, 0.29) is 0 Å². The smallest absolute Gasteiger partial charge is 0.132 e. The normalized spacial score (nSPS) is 10.8. The van der Waals surface area contributed by atoms with Crippen LogP contribution in [0.15, 0.2) is 54.6 Å². The highest BCUT2D eigenvalue weighted by atomic mass is 15.2. The van der Waals surface area contributed by atoms with Crippen molar-refractivity contribution in [3.8, 4) is 0 Å². The molecule has 3 rings (SSSR count). The number of nitrogen functional groups attached to an aromatic ring is 1. The van der Waals surface area contributed by atoms with E-state index < -0.39 is 0 Å². The van der Waals surface area contributed by atoms with Crippen LogP contribution in [0.3, 0.4) is 0 Å². The molecule has 3 nitrogen and oxygen atoms in total. The van der Waals surface area contributed by atoms with Gasteiger partial charge in [-0.3, -0.25) is 0 Å². The summed E-state index contributed by atoms with van der Waals surface area (Å²) in [5.41, 5.74) is 10.2. The lowest BCUT2D eigenvalue weighted by molar-refractivity contribution is 0.898. The molecule has 106 valence electrons. The van der Waals surface area contributed by atoms with Crippen molar-refractivity contribution in [2.24, 2.45) is 0 Å². The average Bonchev–Trinajstić information content (AvgIpc) is 2.49. The number of fused-ring (bicyclic) bond motifs is 1. The van der Waals surface area contributed by atoms with Crippen molar-refractivity contribution in [3.63, 3.8) is 0 Å². The van der Waals surface area contributed by atoms with Crippen LogP contribution in [-0.4, -0.2) is 12.0 Å². The molecule has 21 heavy (non-hydrogen) atoms. The van der Waals surface area contributed by atoms with E-state index in [0.717, 1.165) is 29.1 Å². The molecule has 0 bridgehead atoms. The number of anilines is 2. The fourth-order valence-corrected chi connectivity index (χ4v) is 2.61. The highest BCUT2D eigenvalue weighted by Gasteiger charge is 2.10. The minimum absolute atomic E-state index is 0.749. The van der Waals surface area contributed by atoms with E-state index in [0.29, 0.717) is 0 Å². The fraction of sp³-hybridized carbons (Fsp3) is 0.167. The van der Waals surface area contributed by atoms with Gasteiger partial charge in [-0.05, 0) is 36.2 Å². The molecule has 0 spiro atoms. The Bertz CT molecular complexity index is 780. The number of aromatic nitrogens is 1. The number of para-hydroxylation sites is 2. The number of aryl methyl sites for hydroxylation is 1. The van der Waals surface area contributed by atoms with Gasteiger partial charge in [0, 0.05) is 24.7 Å². The standard InChI is InChI=1S/C18H19N3/c1-13-11-14-7-4-6-10-17(14)20-18(13)21(2)12-15-8-3-5-9-16(15)19/h3-11H,12,19H2,1-2H3. The van der Waals surface area contributed by atoms with Gasteiger partial charge in [-0.25, -0.2) is 4.98 Å². The third-order valence-electron chi connectivity index (χ3n) is 3.71. The van der Waals surface area contributed by atoms with Crippen molar-refractivity contribution in [3.05, 3.63) is 65.7 Å². The maximum Gasteiger partial charge on any atom is 0.132 e. The lowest BCUT2D eigenvalue weighted by Gasteiger charge is -2.21. The van der Waals surface area contributed by atoms with Crippen LogP contribution in [0.2, 0.25) is 0 Å². The van der Waals surface area contributed by atoms with E-state index in [4.69, 9.17) is 10.7 Å². The quantitative estimate of drug-likeness (QED) is 0.741. The molecule has 1 aromatic heterocycles. The second-order valence-corrected chi connectivity index (χ2v) is 5.38. The second kappa shape index (κ2) is 5.44.